The van der Waals surface area contributed by atoms with E-state index in [0.717, 1.165) is 16.9 Å². The predicted molar refractivity (Wildman–Crippen MR) is 96.1 cm³/mol. The van der Waals surface area contributed by atoms with E-state index in [1.807, 2.05) is 25.1 Å². The highest BCUT2D eigenvalue weighted by Gasteiger charge is 2.10. The average Bonchev–Trinajstić information content (AvgIpc) is 2.56. The molecule has 0 atom stereocenters. The van der Waals surface area contributed by atoms with Crippen molar-refractivity contribution < 1.29 is 9.53 Å². The van der Waals surface area contributed by atoms with Crippen LogP contribution in [0, 0.1) is 13.8 Å². The third kappa shape index (κ3) is 5.03. The second-order valence-corrected chi connectivity index (χ2v) is 6.51. The molecule has 0 bridgehead atoms. The lowest BCUT2D eigenvalue weighted by atomic mass is 10.1. The van der Waals surface area contributed by atoms with Gasteiger partial charge in [0.1, 0.15) is 5.75 Å². The molecule has 0 heterocycles. The number of ether oxygens (including phenoxy) is 1. The maximum Gasteiger partial charge on any atom is 0.260 e. The summed E-state index contributed by atoms with van der Waals surface area (Å²) in [5.41, 5.74) is 3.50. The number of likely N-dealkylation sites (N-methyl/N-ethyl adjacent to an activating group) is 1. The standard InChI is InChI=1S/C19H23NO2S/c1-14-5-8-17(11-15(14)2)22-13-19(21)20(3)12-16-6-9-18(23-4)10-7-16/h5-11H,12-13H2,1-4H3. The molecule has 0 radical (unpaired) electrons. The highest BCUT2D eigenvalue weighted by atomic mass is 32.2. The zero-order valence-electron chi connectivity index (χ0n) is 14.1. The third-order valence-corrected chi connectivity index (χ3v) is 4.59. The van der Waals surface area contributed by atoms with E-state index >= 15 is 0 Å². The van der Waals surface area contributed by atoms with Gasteiger partial charge < -0.3 is 9.64 Å². The van der Waals surface area contributed by atoms with Crippen LogP contribution in [0.1, 0.15) is 16.7 Å². The highest BCUT2D eigenvalue weighted by molar-refractivity contribution is 7.98. The van der Waals surface area contributed by atoms with Crippen LogP contribution in [-0.4, -0.2) is 30.7 Å². The first-order valence-corrected chi connectivity index (χ1v) is 8.79. The highest BCUT2D eigenvalue weighted by Crippen LogP contribution is 2.17. The van der Waals surface area contributed by atoms with Gasteiger partial charge in [0.25, 0.3) is 5.91 Å². The first-order chi connectivity index (χ1) is 11.0. The quantitative estimate of drug-likeness (QED) is 0.749. The van der Waals surface area contributed by atoms with Crippen LogP contribution in [0.15, 0.2) is 47.4 Å². The molecule has 0 unspecified atom stereocenters. The zero-order chi connectivity index (χ0) is 16.8. The summed E-state index contributed by atoms with van der Waals surface area (Å²) in [6, 6.07) is 14.1. The van der Waals surface area contributed by atoms with Gasteiger partial charge in [0.2, 0.25) is 0 Å². The van der Waals surface area contributed by atoms with E-state index in [1.54, 1.807) is 23.7 Å². The number of hydrogen-bond acceptors (Lipinski definition) is 3. The van der Waals surface area contributed by atoms with E-state index in [2.05, 4.69) is 37.4 Å². The molecule has 0 aliphatic carbocycles. The molecule has 0 aliphatic rings. The number of carbonyl (C=O) groups excluding carboxylic acids is 1. The Labute approximate surface area is 142 Å². The third-order valence-electron chi connectivity index (χ3n) is 3.85. The number of thioether (sulfide) groups is 1. The van der Waals surface area contributed by atoms with Gasteiger partial charge in [-0.1, -0.05) is 18.2 Å². The number of amides is 1. The van der Waals surface area contributed by atoms with Gasteiger partial charge in [-0.15, -0.1) is 11.8 Å². The summed E-state index contributed by atoms with van der Waals surface area (Å²) in [5.74, 6) is 0.705. The summed E-state index contributed by atoms with van der Waals surface area (Å²) in [4.78, 5) is 15.1. The number of benzene rings is 2. The number of aryl methyl sites for hydroxylation is 2. The number of hydrogen-bond donors (Lipinski definition) is 0. The molecule has 1 amide bonds. The molecule has 0 spiro atoms. The van der Waals surface area contributed by atoms with Crippen LogP contribution in [0.4, 0.5) is 0 Å². The van der Waals surface area contributed by atoms with Crippen molar-refractivity contribution in [3.8, 4) is 5.75 Å². The first kappa shape index (κ1) is 17.4. The summed E-state index contributed by atoms with van der Waals surface area (Å²) in [5, 5.41) is 0. The summed E-state index contributed by atoms with van der Waals surface area (Å²) in [6.07, 6.45) is 2.05. The molecule has 122 valence electrons. The summed E-state index contributed by atoms with van der Waals surface area (Å²) < 4.78 is 5.60. The van der Waals surface area contributed by atoms with Crippen molar-refractivity contribution in [1.29, 1.82) is 0 Å². The molecule has 0 saturated carbocycles. The largest absolute Gasteiger partial charge is 0.484 e. The molecule has 2 aromatic carbocycles. The molecule has 2 aromatic rings. The minimum atomic E-state index is -0.0304. The normalized spacial score (nSPS) is 10.4. The Bertz CT molecular complexity index is 668. The predicted octanol–water partition coefficient (Wildman–Crippen LogP) is 4.06. The monoisotopic (exact) mass is 329 g/mol. The van der Waals surface area contributed by atoms with Gasteiger partial charge in [0.15, 0.2) is 6.61 Å². The fraction of sp³-hybridized carbons (Fsp3) is 0.316. The van der Waals surface area contributed by atoms with E-state index in [4.69, 9.17) is 4.74 Å². The van der Waals surface area contributed by atoms with Crippen LogP contribution in [0.2, 0.25) is 0 Å². The van der Waals surface area contributed by atoms with Gasteiger partial charge >= 0.3 is 0 Å². The molecular formula is C19H23NO2S. The van der Waals surface area contributed by atoms with Crippen molar-refractivity contribution in [3.63, 3.8) is 0 Å². The van der Waals surface area contributed by atoms with Crippen molar-refractivity contribution in [3.05, 3.63) is 59.2 Å². The molecular weight excluding hydrogens is 306 g/mol. The Morgan fingerprint density at radius 3 is 2.39 bits per heavy atom. The van der Waals surface area contributed by atoms with Crippen molar-refractivity contribution in [2.75, 3.05) is 19.9 Å². The van der Waals surface area contributed by atoms with E-state index in [0.29, 0.717) is 6.54 Å². The molecule has 0 saturated heterocycles. The minimum absolute atomic E-state index is 0.0304. The summed E-state index contributed by atoms with van der Waals surface area (Å²) in [7, 11) is 1.80. The van der Waals surface area contributed by atoms with Gasteiger partial charge in [-0.25, -0.2) is 0 Å². The van der Waals surface area contributed by atoms with Crippen molar-refractivity contribution in [2.24, 2.45) is 0 Å². The number of nitrogens with zero attached hydrogens (tertiary/aromatic N) is 1. The van der Waals surface area contributed by atoms with Crippen molar-refractivity contribution >= 4 is 17.7 Å². The summed E-state index contributed by atoms with van der Waals surface area (Å²) >= 11 is 1.71. The Morgan fingerprint density at radius 1 is 1.09 bits per heavy atom. The minimum Gasteiger partial charge on any atom is -0.484 e. The lowest BCUT2D eigenvalue weighted by Crippen LogP contribution is -2.30. The van der Waals surface area contributed by atoms with Gasteiger partial charge in [-0.2, -0.15) is 0 Å². The van der Waals surface area contributed by atoms with E-state index in [9.17, 15) is 4.79 Å². The van der Waals surface area contributed by atoms with Gasteiger partial charge in [0, 0.05) is 18.5 Å². The fourth-order valence-electron chi connectivity index (χ4n) is 2.15. The maximum atomic E-state index is 12.2. The second-order valence-electron chi connectivity index (χ2n) is 5.63. The molecule has 4 heteroatoms. The van der Waals surface area contributed by atoms with Crippen LogP contribution in [0.25, 0.3) is 0 Å². The van der Waals surface area contributed by atoms with Gasteiger partial charge in [-0.3, -0.25) is 4.79 Å². The van der Waals surface area contributed by atoms with Crippen LogP contribution in [0.3, 0.4) is 0 Å². The molecule has 2 rings (SSSR count). The smallest absolute Gasteiger partial charge is 0.260 e. The van der Waals surface area contributed by atoms with Crippen LogP contribution in [0.5, 0.6) is 5.75 Å². The molecule has 0 aliphatic heterocycles. The lowest BCUT2D eigenvalue weighted by Gasteiger charge is -2.18. The van der Waals surface area contributed by atoms with E-state index < -0.39 is 0 Å². The first-order valence-electron chi connectivity index (χ1n) is 7.56. The van der Waals surface area contributed by atoms with Crippen LogP contribution >= 0.6 is 11.8 Å². The van der Waals surface area contributed by atoms with Crippen molar-refractivity contribution in [1.82, 2.24) is 4.90 Å². The molecule has 0 aromatic heterocycles. The Hall–Kier alpha value is -1.94. The SMILES string of the molecule is CSc1ccc(CN(C)C(=O)COc2ccc(C)c(C)c2)cc1. The molecule has 0 N–H and O–H groups in total. The molecule has 0 fully saturated rings. The van der Waals surface area contributed by atoms with Crippen molar-refractivity contribution in [2.45, 2.75) is 25.3 Å². The van der Waals surface area contributed by atoms with E-state index in [1.165, 1.54) is 10.5 Å². The van der Waals surface area contributed by atoms with Gasteiger partial charge in [0.05, 0.1) is 0 Å². The topological polar surface area (TPSA) is 29.5 Å². The second kappa shape index (κ2) is 8.06. The van der Waals surface area contributed by atoms with Crippen LogP contribution in [-0.2, 0) is 11.3 Å². The molecule has 3 nitrogen and oxygen atoms in total. The average molecular weight is 329 g/mol. The Balaban J connectivity index is 1.87. The Morgan fingerprint density at radius 2 is 1.78 bits per heavy atom. The number of rotatable bonds is 6. The van der Waals surface area contributed by atoms with Crippen LogP contribution < -0.4 is 4.74 Å². The zero-order valence-corrected chi connectivity index (χ0v) is 14.9. The van der Waals surface area contributed by atoms with E-state index in [-0.39, 0.29) is 12.5 Å². The van der Waals surface area contributed by atoms with Gasteiger partial charge in [-0.05, 0) is 61.1 Å². The summed E-state index contributed by atoms with van der Waals surface area (Å²) in [6.45, 7) is 4.74. The lowest BCUT2D eigenvalue weighted by molar-refractivity contribution is -0.132. The maximum absolute atomic E-state index is 12.2. The number of carbonyl (C=O) groups is 1. The molecule has 23 heavy (non-hydrogen) atoms. The Kier molecular flexibility index (Phi) is 6.11. The fourth-order valence-corrected chi connectivity index (χ4v) is 2.56.